The first kappa shape index (κ1) is 23.5. The topological polar surface area (TPSA) is 55.4 Å². The van der Waals surface area contributed by atoms with Crippen LogP contribution in [0.5, 0.6) is 0 Å². The van der Waals surface area contributed by atoms with Crippen molar-refractivity contribution >= 4 is 29.9 Å². The first-order valence-electron chi connectivity index (χ1n) is 11.6. The average Bonchev–Trinajstić information content (AvgIpc) is 2.78. The predicted molar refractivity (Wildman–Crippen MR) is 129 cm³/mol. The van der Waals surface area contributed by atoms with Gasteiger partial charge in [0.05, 0.1) is 19.8 Å². The molecule has 5 aliphatic rings. The fourth-order valence-electron chi connectivity index (χ4n) is 5.52. The zero-order valence-electron chi connectivity index (χ0n) is 18.2. The van der Waals surface area contributed by atoms with Crippen molar-refractivity contribution in [2.75, 3.05) is 78.7 Å². The molecule has 5 fully saturated rings. The van der Waals surface area contributed by atoms with E-state index in [2.05, 4.69) is 32.3 Å². The Kier molecular flexibility index (Phi) is 9.28. The van der Waals surface area contributed by atoms with Gasteiger partial charge in [0.2, 0.25) is 0 Å². The summed E-state index contributed by atoms with van der Waals surface area (Å²) in [6, 6.07) is 0.620. The number of rotatable bonds is 6. The van der Waals surface area contributed by atoms with Gasteiger partial charge in [-0.25, -0.2) is 0 Å². The van der Waals surface area contributed by atoms with Gasteiger partial charge in [-0.1, -0.05) is 19.3 Å². The van der Waals surface area contributed by atoms with E-state index >= 15 is 0 Å². The van der Waals surface area contributed by atoms with Crippen LogP contribution >= 0.6 is 24.0 Å². The molecule has 2 N–H and O–H groups in total. The first-order chi connectivity index (χ1) is 13.8. The van der Waals surface area contributed by atoms with Crippen LogP contribution in [0.4, 0.5) is 0 Å². The van der Waals surface area contributed by atoms with Crippen LogP contribution in [0.1, 0.15) is 39.0 Å². The van der Waals surface area contributed by atoms with Crippen LogP contribution in [-0.2, 0) is 4.74 Å². The molecule has 1 saturated carbocycles. The number of piperazine rings is 3. The predicted octanol–water partition coefficient (Wildman–Crippen LogP) is 1.19. The Morgan fingerprint density at radius 3 is 2.34 bits per heavy atom. The summed E-state index contributed by atoms with van der Waals surface area (Å²) in [5, 5.41) is 7.15. The first-order valence-corrected chi connectivity index (χ1v) is 11.6. The largest absolute Gasteiger partial charge is 0.379 e. The number of morpholine rings is 1. The lowest BCUT2D eigenvalue weighted by Crippen LogP contribution is -2.64. The van der Waals surface area contributed by atoms with Crippen LogP contribution in [0.15, 0.2) is 4.99 Å². The summed E-state index contributed by atoms with van der Waals surface area (Å²) in [6.45, 7) is 15.0. The van der Waals surface area contributed by atoms with E-state index in [-0.39, 0.29) is 29.5 Å². The van der Waals surface area contributed by atoms with Gasteiger partial charge in [-0.2, -0.15) is 0 Å². The Hall–Kier alpha value is -0.160. The summed E-state index contributed by atoms with van der Waals surface area (Å²) >= 11 is 0. The van der Waals surface area contributed by atoms with Gasteiger partial charge >= 0.3 is 0 Å². The summed E-state index contributed by atoms with van der Waals surface area (Å²) < 4.78 is 5.62. The van der Waals surface area contributed by atoms with Crippen molar-refractivity contribution in [1.29, 1.82) is 0 Å². The molecule has 29 heavy (non-hydrogen) atoms. The second kappa shape index (κ2) is 11.5. The fraction of sp³-hybridized carbons (Fsp3) is 0.952. The van der Waals surface area contributed by atoms with Crippen LogP contribution in [0, 0.1) is 0 Å². The monoisotopic (exact) mass is 520 g/mol. The molecule has 4 heterocycles. The molecule has 1 aliphatic carbocycles. The van der Waals surface area contributed by atoms with Crippen LogP contribution in [0.3, 0.4) is 0 Å². The molecule has 1 atom stereocenters. The lowest BCUT2D eigenvalue weighted by Gasteiger charge is -2.48. The van der Waals surface area contributed by atoms with E-state index in [0.717, 1.165) is 51.9 Å². The molecule has 0 aromatic heterocycles. The Bertz CT molecular complexity index is 513. The highest BCUT2D eigenvalue weighted by molar-refractivity contribution is 14.0. The van der Waals surface area contributed by atoms with Gasteiger partial charge in [0.1, 0.15) is 0 Å². The van der Waals surface area contributed by atoms with Crippen molar-refractivity contribution in [2.24, 2.45) is 4.99 Å². The quantitative estimate of drug-likeness (QED) is 0.312. The van der Waals surface area contributed by atoms with Gasteiger partial charge in [-0.15, -0.1) is 24.0 Å². The third kappa shape index (κ3) is 5.96. The number of nitrogens with one attached hydrogen (secondary N) is 2. The smallest absolute Gasteiger partial charge is 0.191 e. The van der Waals surface area contributed by atoms with Crippen molar-refractivity contribution in [2.45, 2.75) is 50.6 Å². The molecule has 0 spiro atoms. The van der Waals surface area contributed by atoms with Crippen LogP contribution in [0.25, 0.3) is 0 Å². The van der Waals surface area contributed by atoms with Crippen LogP contribution in [0.2, 0.25) is 0 Å². The number of hydrogen-bond donors (Lipinski definition) is 2. The highest BCUT2D eigenvalue weighted by Crippen LogP contribution is 2.34. The Morgan fingerprint density at radius 1 is 1.00 bits per heavy atom. The lowest BCUT2D eigenvalue weighted by atomic mass is 9.80. The highest BCUT2D eigenvalue weighted by atomic mass is 127. The van der Waals surface area contributed by atoms with Crippen LogP contribution in [-0.4, -0.2) is 111 Å². The fourth-order valence-corrected chi connectivity index (χ4v) is 5.52. The lowest BCUT2D eigenvalue weighted by molar-refractivity contribution is -0.0333. The van der Waals surface area contributed by atoms with Crippen molar-refractivity contribution in [3.8, 4) is 0 Å². The Balaban J connectivity index is 0.00000240. The van der Waals surface area contributed by atoms with Gasteiger partial charge in [-0.05, 0) is 19.8 Å². The molecule has 4 saturated heterocycles. The summed E-state index contributed by atoms with van der Waals surface area (Å²) in [5.74, 6) is 0.998. The maximum Gasteiger partial charge on any atom is 0.191 e. The summed E-state index contributed by atoms with van der Waals surface area (Å²) in [7, 11) is 0. The van der Waals surface area contributed by atoms with E-state index in [1.54, 1.807) is 0 Å². The molecule has 0 amide bonds. The molecule has 0 aromatic carbocycles. The molecule has 5 rings (SSSR count). The second-order valence-corrected chi connectivity index (χ2v) is 8.95. The number of guanidine groups is 1. The summed E-state index contributed by atoms with van der Waals surface area (Å²) in [4.78, 5) is 13.0. The van der Waals surface area contributed by atoms with Crippen molar-refractivity contribution in [3.05, 3.63) is 0 Å². The SMILES string of the molecule is CCNC(=NCC1(N2CCOCC2)CCCCC1)NCC1CN2CCN1CC2.I. The Morgan fingerprint density at radius 2 is 1.72 bits per heavy atom. The summed E-state index contributed by atoms with van der Waals surface area (Å²) in [5.41, 5.74) is 0.240. The number of aliphatic imine (C=N–C) groups is 1. The number of nitrogens with zero attached hydrogens (tertiary/aromatic N) is 4. The normalized spacial score (nSPS) is 32.4. The van der Waals surface area contributed by atoms with Crippen molar-refractivity contribution in [3.63, 3.8) is 0 Å². The average molecular weight is 521 g/mol. The molecule has 4 aliphatic heterocycles. The molecular weight excluding hydrogens is 479 g/mol. The van der Waals surface area contributed by atoms with Crippen molar-refractivity contribution in [1.82, 2.24) is 25.3 Å². The zero-order chi connectivity index (χ0) is 19.2. The minimum atomic E-state index is 0. The molecule has 1 unspecified atom stereocenters. The van der Waals surface area contributed by atoms with E-state index in [9.17, 15) is 0 Å². The number of ether oxygens (including phenoxy) is 1. The molecular formula is C21H41IN6O. The molecule has 168 valence electrons. The van der Waals surface area contributed by atoms with Gasteiger partial charge in [0.25, 0.3) is 0 Å². The number of fused-ring (bicyclic) bond motifs is 3. The Labute approximate surface area is 194 Å². The summed E-state index contributed by atoms with van der Waals surface area (Å²) in [6.07, 6.45) is 6.61. The standard InChI is InChI=1S/C21H40N6O.HI/c1-2-22-20(23-16-19-17-25-8-10-26(19)11-9-25)24-18-21(6-4-3-5-7-21)27-12-14-28-15-13-27;/h19H,2-18H2,1H3,(H2,22,23,24);1H. The molecule has 0 aromatic rings. The third-order valence-electron chi connectivity index (χ3n) is 7.24. The number of halogens is 1. The highest BCUT2D eigenvalue weighted by Gasteiger charge is 2.38. The van der Waals surface area contributed by atoms with E-state index in [4.69, 9.17) is 9.73 Å². The molecule has 2 bridgehead atoms. The van der Waals surface area contributed by atoms with Gasteiger partial charge < -0.3 is 15.4 Å². The molecule has 7 nitrogen and oxygen atoms in total. The molecule has 8 heteroatoms. The van der Waals surface area contributed by atoms with E-state index < -0.39 is 0 Å². The van der Waals surface area contributed by atoms with E-state index in [1.165, 1.54) is 64.8 Å². The number of hydrogen-bond acceptors (Lipinski definition) is 5. The zero-order valence-corrected chi connectivity index (χ0v) is 20.5. The minimum absolute atomic E-state index is 0. The van der Waals surface area contributed by atoms with E-state index in [0.29, 0.717) is 6.04 Å². The maximum absolute atomic E-state index is 5.62. The van der Waals surface area contributed by atoms with E-state index in [1.807, 2.05) is 0 Å². The maximum atomic E-state index is 5.62. The van der Waals surface area contributed by atoms with Crippen LogP contribution < -0.4 is 10.6 Å². The van der Waals surface area contributed by atoms with Gasteiger partial charge in [-0.3, -0.25) is 19.7 Å². The van der Waals surface area contributed by atoms with Gasteiger partial charge in [0.15, 0.2) is 5.96 Å². The third-order valence-corrected chi connectivity index (χ3v) is 7.24. The van der Waals surface area contributed by atoms with Gasteiger partial charge in [0, 0.05) is 70.5 Å². The second-order valence-electron chi connectivity index (χ2n) is 8.95. The molecule has 0 radical (unpaired) electrons. The minimum Gasteiger partial charge on any atom is -0.379 e. The van der Waals surface area contributed by atoms with Crippen molar-refractivity contribution < 1.29 is 4.74 Å².